The van der Waals surface area contributed by atoms with Crippen LogP contribution >= 0.6 is 11.6 Å². The molecule has 0 aromatic carbocycles. The van der Waals surface area contributed by atoms with Crippen LogP contribution in [0.2, 0.25) is 5.02 Å². The molecule has 1 aliphatic rings. The van der Waals surface area contributed by atoms with Crippen molar-refractivity contribution in [3.8, 4) is 0 Å². The highest BCUT2D eigenvalue weighted by Gasteiger charge is 2.32. The Morgan fingerprint density at radius 1 is 1.56 bits per heavy atom. The Kier molecular flexibility index (Phi) is 5.83. The van der Waals surface area contributed by atoms with Crippen LogP contribution in [-0.2, 0) is 15.8 Å². The number of aliphatic imine (C=N–C) groups is 1. The molecule has 0 spiro atoms. The molecule has 136 valence electrons. The molecule has 25 heavy (non-hydrogen) atoms. The Labute approximate surface area is 146 Å². The molecule has 1 aromatic heterocycles. The quantitative estimate of drug-likeness (QED) is 0.629. The van der Waals surface area contributed by atoms with Crippen molar-refractivity contribution in [1.82, 2.24) is 9.88 Å². The number of hydrogen-bond donors (Lipinski definition) is 1. The highest BCUT2D eigenvalue weighted by atomic mass is 35.5. The van der Waals surface area contributed by atoms with Gasteiger partial charge in [0.15, 0.2) is 11.8 Å². The molecule has 7 nitrogen and oxygen atoms in total. The van der Waals surface area contributed by atoms with E-state index >= 15 is 0 Å². The third-order valence-electron chi connectivity index (χ3n) is 3.05. The van der Waals surface area contributed by atoms with E-state index < -0.39 is 23.8 Å². The first-order valence-electron chi connectivity index (χ1n) is 7.11. The number of carbonyl (C=O) groups is 1. The second-order valence-corrected chi connectivity index (χ2v) is 5.82. The van der Waals surface area contributed by atoms with E-state index in [4.69, 9.17) is 16.4 Å². The maximum absolute atomic E-state index is 12.6. The van der Waals surface area contributed by atoms with Crippen LogP contribution in [0.15, 0.2) is 22.4 Å². The predicted octanol–water partition coefficient (Wildman–Crippen LogP) is 2.43. The molecule has 1 amide bonds. The number of alkyl halides is 3. The molecule has 2 rings (SSSR count). The second-order valence-electron chi connectivity index (χ2n) is 5.42. The fourth-order valence-electron chi connectivity index (χ4n) is 1.84. The number of rotatable bonds is 5. The van der Waals surface area contributed by atoms with E-state index in [-0.39, 0.29) is 29.5 Å². The van der Waals surface area contributed by atoms with Crippen molar-refractivity contribution in [2.75, 3.05) is 26.0 Å². The molecule has 1 N–H and O–H groups in total. The standard InChI is InChI=1S/C14H15ClF3N5O2/c1-23(2)7-21-13(24)11-4-9(25-22-11)6-20-12-10(15)3-8(5-19-12)14(16,17)18/h3,5,7,9H,4,6H2,1-2H3,(H,19,20). The number of hydrogen-bond acceptors (Lipinski definition) is 5. The van der Waals surface area contributed by atoms with Crippen molar-refractivity contribution in [2.24, 2.45) is 10.1 Å². The third-order valence-corrected chi connectivity index (χ3v) is 3.34. The normalized spacial score (nSPS) is 17.4. The number of anilines is 1. The van der Waals surface area contributed by atoms with Gasteiger partial charge >= 0.3 is 6.18 Å². The summed E-state index contributed by atoms with van der Waals surface area (Å²) in [7, 11) is 3.44. The monoisotopic (exact) mass is 377 g/mol. The van der Waals surface area contributed by atoms with Gasteiger partial charge in [0.1, 0.15) is 5.82 Å². The Bertz CT molecular complexity index is 706. The van der Waals surface area contributed by atoms with Crippen LogP contribution in [0.1, 0.15) is 12.0 Å². The van der Waals surface area contributed by atoms with Crippen LogP contribution in [0, 0.1) is 0 Å². The molecular weight excluding hydrogens is 363 g/mol. The number of pyridine rings is 1. The summed E-state index contributed by atoms with van der Waals surface area (Å²) in [5.41, 5.74) is -0.772. The lowest BCUT2D eigenvalue weighted by molar-refractivity contribution is -0.137. The minimum Gasteiger partial charge on any atom is -0.390 e. The molecular formula is C14H15ClF3N5O2. The minimum absolute atomic E-state index is 0.0867. The Hall–Kier alpha value is -2.36. The summed E-state index contributed by atoms with van der Waals surface area (Å²) < 4.78 is 37.7. The lowest BCUT2D eigenvalue weighted by Gasteiger charge is -2.13. The van der Waals surface area contributed by atoms with E-state index in [9.17, 15) is 18.0 Å². The summed E-state index contributed by atoms with van der Waals surface area (Å²) in [5.74, 6) is -0.425. The predicted molar refractivity (Wildman–Crippen MR) is 86.8 cm³/mol. The molecule has 0 bridgehead atoms. The first kappa shape index (κ1) is 19.0. The van der Waals surface area contributed by atoms with Gasteiger partial charge in [0.25, 0.3) is 5.91 Å². The van der Waals surface area contributed by atoms with Crippen LogP contribution in [-0.4, -0.2) is 54.6 Å². The van der Waals surface area contributed by atoms with E-state index in [0.717, 1.165) is 6.07 Å². The number of halogens is 4. The van der Waals surface area contributed by atoms with Gasteiger partial charge in [0.05, 0.1) is 23.5 Å². The Morgan fingerprint density at radius 2 is 2.28 bits per heavy atom. The summed E-state index contributed by atoms with van der Waals surface area (Å²) in [4.78, 5) is 25.8. The van der Waals surface area contributed by atoms with Gasteiger partial charge in [-0.2, -0.15) is 18.2 Å². The van der Waals surface area contributed by atoms with Gasteiger partial charge in [-0.1, -0.05) is 16.8 Å². The number of amides is 1. The zero-order valence-electron chi connectivity index (χ0n) is 13.3. The first-order chi connectivity index (χ1) is 11.7. The highest BCUT2D eigenvalue weighted by molar-refractivity contribution is 6.40. The van der Waals surface area contributed by atoms with Gasteiger partial charge in [-0.05, 0) is 6.07 Å². The molecule has 0 fully saturated rings. The van der Waals surface area contributed by atoms with Crippen molar-refractivity contribution in [3.63, 3.8) is 0 Å². The molecule has 0 radical (unpaired) electrons. The van der Waals surface area contributed by atoms with Crippen LogP contribution < -0.4 is 5.32 Å². The Balaban J connectivity index is 1.89. The van der Waals surface area contributed by atoms with E-state index in [1.807, 2.05) is 0 Å². The van der Waals surface area contributed by atoms with Gasteiger partial charge in [-0.3, -0.25) is 4.79 Å². The van der Waals surface area contributed by atoms with Gasteiger partial charge in [0.2, 0.25) is 0 Å². The maximum Gasteiger partial charge on any atom is 0.417 e. The molecule has 11 heteroatoms. The van der Waals surface area contributed by atoms with E-state index in [0.29, 0.717) is 6.20 Å². The van der Waals surface area contributed by atoms with Gasteiger partial charge in [-0.15, -0.1) is 0 Å². The molecule has 1 aliphatic heterocycles. The van der Waals surface area contributed by atoms with Crippen molar-refractivity contribution in [1.29, 1.82) is 0 Å². The molecule has 0 saturated carbocycles. The van der Waals surface area contributed by atoms with E-state index in [2.05, 4.69) is 20.4 Å². The number of oxime groups is 1. The van der Waals surface area contributed by atoms with Crippen LogP contribution in [0.3, 0.4) is 0 Å². The zero-order chi connectivity index (χ0) is 18.6. The molecule has 2 heterocycles. The molecule has 1 aromatic rings. The average molecular weight is 378 g/mol. The molecule has 1 atom stereocenters. The summed E-state index contributed by atoms with van der Waals surface area (Å²) in [6.07, 6.45) is -2.74. The third kappa shape index (κ3) is 5.31. The van der Waals surface area contributed by atoms with Crippen molar-refractivity contribution >= 4 is 35.4 Å². The van der Waals surface area contributed by atoms with Crippen molar-refractivity contribution in [3.05, 3.63) is 22.8 Å². The fraction of sp³-hybridized carbons (Fsp3) is 0.429. The lowest BCUT2D eigenvalue weighted by Crippen LogP contribution is -2.22. The largest absolute Gasteiger partial charge is 0.417 e. The number of nitrogens with zero attached hydrogens (tertiary/aromatic N) is 4. The summed E-state index contributed by atoms with van der Waals surface area (Å²) in [6.45, 7) is 0.162. The smallest absolute Gasteiger partial charge is 0.390 e. The fourth-order valence-corrected chi connectivity index (χ4v) is 2.07. The summed E-state index contributed by atoms with van der Waals surface area (Å²) in [5, 5.41) is 6.28. The van der Waals surface area contributed by atoms with Gasteiger partial charge in [0, 0.05) is 26.7 Å². The minimum atomic E-state index is -4.51. The van der Waals surface area contributed by atoms with Crippen molar-refractivity contribution in [2.45, 2.75) is 18.7 Å². The van der Waals surface area contributed by atoms with Crippen LogP contribution in [0.5, 0.6) is 0 Å². The van der Waals surface area contributed by atoms with Crippen LogP contribution in [0.4, 0.5) is 19.0 Å². The maximum atomic E-state index is 12.6. The average Bonchev–Trinajstić information content (AvgIpc) is 2.99. The summed E-state index contributed by atoms with van der Waals surface area (Å²) in [6, 6.07) is 0.786. The SMILES string of the molecule is CN(C)C=NC(=O)C1=NOC(CNc2ncc(C(F)(F)F)cc2Cl)C1. The van der Waals surface area contributed by atoms with Crippen LogP contribution in [0.25, 0.3) is 0 Å². The molecule has 1 unspecified atom stereocenters. The number of nitrogens with one attached hydrogen (secondary N) is 1. The molecule has 0 aliphatic carbocycles. The first-order valence-corrected chi connectivity index (χ1v) is 7.49. The van der Waals surface area contributed by atoms with Crippen molar-refractivity contribution < 1.29 is 22.8 Å². The second kappa shape index (κ2) is 7.68. The topological polar surface area (TPSA) is 79.2 Å². The number of carbonyl (C=O) groups excluding carboxylic acids is 1. The van der Waals surface area contributed by atoms with E-state index in [1.54, 1.807) is 19.0 Å². The van der Waals surface area contributed by atoms with E-state index in [1.165, 1.54) is 6.34 Å². The summed E-state index contributed by atoms with van der Waals surface area (Å²) >= 11 is 5.80. The zero-order valence-corrected chi connectivity index (χ0v) is 14.1. The highest BCUT2D eigenvalue weighted by Crippen LogP contribution is 2.32. The number of aromatic nitrogens is 1. The Morgan fingerprint density at radius 3 is 2.88 bits per heavy atom. The lowest BCUT2D eigenvalue weighted by atomic mass is 10.1. The van der Waals surface area contributed by atoms with Gasteiger partial charge in [-0.25, -0.2) is 4.98 Å². The molecule has 0 saturated heterocycles. The van der Waals surface area contributed by atoms with Gasteiger partial charge < -0.3 is 15.1 Å².